The maximum atomic E-state index is 13.5. The van der Waals surface area contributed by atoms with Crippen molar-refractivity contribution in [1.29, 1.82) is 0 Å². The van der Waals surface area contributed by atoms with E-state index in [1.807, 2.05) is 0 Å². The number of phenolic OH excluding ortho intramolecular Hbond substituents is 1. The summed E-state index contributed by atoms with van der Waals surface area (Å²) in [7, 11) is 0. The fraction of sp³-hybridized carbons (Fsp3) is 0.500. The molecule has 0 bridgehead atoms. The van der Waals surface area contributed by atoms with Gasteiger partial charge in [-0.25, -0.2) is 9.78 Å². The first kappa shape index (κ1) is 29.6. The lowest BCUT2D eigenvalue weighted by molar-refractivity contribution is -0.142. The number of aliphatic carboxylic acids is 1. The minimum atomic E-state index is -1.24. The zero-order chi connectivity index (χ0) is 28.2. The third-order valence-corrected chi connectivity index (χ3v) is 6.56. The van der Waals surface area contributed by atoms with Crippen LogP contribution in [0.5, 0.6) is 5.75 Å². The average molecular weight is 544 g/mol. The van der Waals surface area contributed by atoms with Crippen molar-refractivity contribution in [3.05, 3.63) is 48.0 Å². The first-order valence-corrected chi connectivity index (χ1v) is 13.1. The van der Waals surface area contributed by atoms with Crippen LogP contribution < -0.4 is 27.0 Å². The molecule has 0 saturated carbocycles. The van der Waals surface area contributed by atoms with E-state index >= 15 is 0 Å². The number of imidazole rings is 1. The number of carbonyl (C=O) groups is 4. The predicted octanol–water partition coefficient (Wildman–Crippen LogP) is -0.679. The van der Waals surface area contributed by atoms with E-state index in [0.29, 0.717) is 43.6 Å². The van der Waals surface area contributed by atoms with Gasteiger partial charge in [-0.3, -0.25) is 14.4 Å². The summed E-state index contributed by atoms with van der Waals surface area (Å²) in [6, 6.07) is 2.56. The van der Waals surface area contributed by atoms with E-state index in [0.717, 1.165) is 6.42 Å². The normalized spacial score (nSPS) is 17.1. The van der Waals surface area contributed by atoms with E-state index in [9.17, 15) is 29.4 Å². The summed E-state index contributed by atoms with van der Waals surface area (Å²) in [6.07, 6.45) is 5.85. The summed E-state index contributed by atoms with van der Waals surface area (Å²) in [6.45, 7) is 1.10. The van der Waals surface area contributed by atoms with Gasteiger partial charge in [-0.05, 0) is 62.9 Å². The SMILES string of the molecule is NCCCCC(NC(=O)C(Cc1ccc(O)cc1)NC(=O)C1CCCN1)C(=O)NC(Cc1cnc[nH]1)C(=O)O. The van der Waals surface area contributed by atoms with Crippen molar-refractivity contribution in [3.8, 4) is 5.75 Å². The third kappa shape index (κ3) is 9.37. The molecule has 0 aliphatic carbocycles. The zero-order valence-corrected chi connectivity index (χ0v) is 21.7. The Morgan fingerprint density at radius 3 is 2.33 bits per heavy atom. The molecule has 212 valence electrons. The number of benzene rings is 1. The van der Waals surface area contributed by atoms with Crippen molar-refractivity contribution in [1.82, 2.24) is 31.2 Å². The van der Waals surface area contributed by atoms with E-state index in [-0.39, 0.29) is 30.9 Å². The molecule has 1 aliphatic heterocycles. The molecule has 9 N–H and O–H groups in total. The number of hydrogen-bond acceptors (Lipinski definition) is 8. The van der Waals surface area contributed by atoms with Crippen LogP contribution >= 0.6 is 0 Å². The highest BCUT2D eigenvalue weighted by Gasteiger charge is 2.31. The molecule has 2 aromatic rings. The molecule has 3 rings (SSSR count). The van der Waals surface area contributed by atoms with Crippen molar-refractivity contribution in [2.45, 2.75) is 69.1 Å². The quantitative estimate of drug-likeness (QED) is 0.134. The Kier molecular flexibility index (Phi) is 11.3. The molecular formula is C26H37N7O6. The molecule has 4 atom stereocenters. The number of carboxylic acid groups (broad SMARTS) is 1. The molecule has 0 spiro atoms. The van der Waals surface area contributed by atoms with Crippen LogP contribution in [0.25, 0.3) is 0 Å². The smallest absolute Gasteiger partial charge is 0.326 e. The van der Waals surface area contributed by atoms with E-state index in [1.54, 1.807) is 12.1 Å². The van der Waals surface area contributed by atoms with Crippen LogP contribution in [-0.4, -0.2) is 81.1 Å². The molecule has 13 heteroatoms. The zero-order valence-electron chi connectivity index (χ0n) is 21.7. The van der Waals surface area contributed by atoms with E-state index in [1.165, 1.54) is 24.7 Å². The van der Waals surface area contributed by atoms with Crippen molar-refractivity contribution in [2.75, 3.05) is 13.1 Å². The van der Waals surface area contributed by atoms with Crippen LogP contribution in [0.15, 0.2) is 36.8 Å². The standard InChI is InChI=1S/C26H37N7O6/c27-10-2-1-4-20(24(36)33-22(26(38)39)13-17-14-28-15-30-17)31-25(37)21(12-16-6-8-18(34)9-7-16)32-23(35)19-5-3-11-29-19/h6-9,14-15,19-22,29,34H,1-5,10-13,27H2,(H,28,30)(H,31,37)(H,32,35)(H,33,36)(H,38,39). The number of carbonyl (C=O) groups excluding carboxylic acids is 3. The average Bonchev–Trinajstić information content (AvgIpc) is 3.63. The summed E-state index contributed by atoms with van der Waals surface area (Å²) in [5.41, 5.74) is 6.83. The van der Waals surface area contributed by atoms with Crippen LogP contribution in [0.2, 0.25) is 0 Å². The number of aromatic hydroxyl groups is 1. The van der Waals surface area contributed by atoms with Gasteiger partial charge in [0.05, 0.1) is 12.4 Å². The first-order chi connectivity index (χ1) is 18.8. The number of aromatic amines is 1. The lowest BCUT2D eigenvalue weighted by Crippen LogP contribution is -2.57. The second-order valence-electron chi connectivity index (χ2n) is 9.61. The number of aromatic nitrogens is 2. The molecule has 1 aromatic carbocycles. The molecular weight excluding hydrogens is 506 g/mol. The van der Waals surface area contributed by atoms with Gasteiger partial charge in [0.2, 0.25) is 17.7 Å². The van der Waals surface area contributed by atoms with Gasteiger partial charge < -0.3 is 42.2 Å². The Morgan fingerprint density at radius 1 is 1.00 bits per heavy atom. The topological polar surface area (TPSA) is 212 Å². The van der Waals surface area contributed by atoms with Crippen molar-refractivity contribution in [2.24, 2.45) is 5.73 Å². The minimum Gasteiger partial charge on any atom is -0.508 e. The highest BCUT2D eigenvalue weighted by molar-refractivity contribution is 5.94. The van der Waals surface area contributed by atoms with Gasteiger partial charge in [-0.15, -0.1) is 0 Å². The van der Waals surface area contributed by atoms with Crippen LogP contribution in [0, 0.1) is 0 Å². The third-order valence-electron chi connectivity index (χ3n) is 6.56. The van der Waals surface area contributed by atoms with Gasteiger partial charge >= 0.3 is 5.97 Å². The van der Waals surface area contributed by atoms with Gasteiger partial charge in [0.25, 0.3) is 0 Å². The number of unbranched alkanes of at least 4 members (excludes halogenated alkanes) is 1. The van der Waals surface area contributed by atoms with E-state index in [2.05, 4.69) is 31.2 Å². The molecule has 1 aliphatic rings. The predicted molar refractivity (Wildman–Crippen MR) is 141 cm³/mol. The molecule has 2 heterocycles. The Hall–Kier alpha value is -3.97. The lowest BCUT2D eigenvalue weighted by atomic mass is 10.0. The number of nitrogens with one attached hydrogen (secondary N) is 5. The maximum absolute atomic E-state index is 13.5. The van der Waals surface area contributed by atoms with Crippen LogP contribution in [0.4, 0.5) is 0 Å². The van der Waals surface area contributed by atoms with Gasteiger partial charge in [0, 0.05) is 24.7 Å². The number of rotatable bonds is 15. The number of hydrogen-bond donors (Lipinski definition) is 8. The molecule has 39 heavy (non-hydrogen) atoms. The lowest BCUT2D eigenvalue weighted by Gasteiger charge is -2.25. The highest BCUT2D eigenvalue weighted by atomic mass is 16.4. The first-order valence-electron chi connectivity index (χ1n) is 13.1. The number of nitrogens with zero attached hydrogens (tertiary/aromatic N) is 1. The summed E-state index contributed by atoms with van der Waals surface area (Å²) < 4.78 is 0. The monoisotopic (exact) mass is 543 g/mol. The largest absolute Gasteiger partial charge is 0.508 e. The number of nitrogens with two attached hydrogens (primary N) is 1. The van der Waals surface area contributed by atoms with Gasteiger partial charge in [-0.1, -0.05) is 12.1 Å². The summed E-state index contributed by atoms with van der Waals surface area (Å²) in [4.78, 5) is 58.0. The van der Waals surface area contributed by atoms with Crippen LogP contribution in [0.3, 0.4) is 0 Å². The van der Waals surface area contributed by atoms with Crippen LogP contribution in [-0.2, 0) is 32.0 Å². The Balaban J connectivity index is 1.74. The summed E-state index contributed by atoms with van der Waals surface area (Å²) in [5.74, 6) is -2.71. The van der Waals surface area contributed by atoms with Crippen LogP contribution in [0.1, 0.15) is 43.4 Å². The second kappa shape index (κ2) is 14.8. The highest BCUT2D eigenvalue weighted by Crippen LogP contribution is 2.13. The molecule has 1 saturated heterocycles. The molecule has 3 amide bonds. The van der Waals surface area contributed by atoms with Crippen molar-refractivity contribution in [3.63, 3.8) is 0 Å². The molecule has 0 radical (unpaired) electrons. The fourth-order valence-corrected chi connectivity index (χ4v) is 4.38. The van der Waals surface area contributed by atoms with Crippen molar-refractivity contribution >= 4 is 23.7 Å². The van der Waals surface area contributed by atoms with E-state index < -0.39 is 42.0 Å². The number of amides is 3. The fourth-order valence-electron chi connectivity index (χ4n) is 4.38. The van der Waals surface area contributed by atoms with Crippen molar-refractivity contribution < 1.29 is 29.4 Å². The maximum Gasteiger partial charge on any atom is 0.326 e. The molecule has 1 aromatic heterocycles. The van der Waals surface area contributed by atoms with E-state index in [4.69, 9.17) is 5.73 Å². The summed E-state index contributed by atoms with van der Waals surface area (Å²) in [5, 5.41) is 30.4. The molecule has 1 fully saturated rings. The second-order valence-corrected chi connectivity index (χ2v) is 9.61. The van der Waals surface area contributed by atoms with Gasteiger partial charge in [0.15, 0.2) is 0 Å². The number of H-pyrrole nitrogens is 1. The van der Waals surface area contributed by atoms with Gasteiger partial charge in [-0.2, -0.15) is 0 Å². The summed E-state index contributed by atoms with van der Waals surface area (Å²) >= 11 is 0. The Bertz CT molecular complexity index is 1090. The Labute approximate surface area is 226 Å². The molecule has 13 nitrogen and oxygen atoms in total. The number of carboxylic acids is 1. The van der Waals surface area contributed by atoms with Gasteiger partial charge in [0.1, 0.15) is 23.9 Å². The number of phenols is 1. The minimum absolute atomic E-state index is 0.0154. The Morgan fingerprint density at radius 2 is 1.72 bits per heavy atom. The molecule has 4 unspecified atom stereocenters.